The second kappa shape index (κ2) is 8.68. The van der Waals surface area contributed by atoms with Crippen molar-refractivity contribution in [1.82, 2.24) is 14.9 Å². The molecule has 5 rings (SSSR count). The van der Waals surface area contributed by atoms with Gasteiger partial charge < -0.3 is 19.6 Å². The summed E-state index contributed by atoms with van der Waals surface area (Å²) in [6, 6.07) is 9.72. The predicted molar refractivity (Wildman–Crippen MR) is 126 cm³/mol. The van der Waals surface area contributed by atoms with Gasteiger partial charge in [-0.05, 0) is 43.2 Å². The maximum Gasteiger partial charge on any atom is 0.407 e. The first-order valence-electron chi connectivity index (χ1n) is 11.7. The molecular formula is C24H27N5O5S. The Kier molecular flexibility index (Phi) is 5.79. The SMILES string of the molecule is CS(=O)(=O)c1nc2c(c(N3CCN(C(=O)O)[C@@H](CC#N)C3)n1)CCC1(CCCc3ccccc31)O2. The molecule has 2 atom stereocenters. The van der Waals surface area contributed by atoms with Gasteiger partial charge >= 0.3 is 6.09 Å². The Morgan fingerprint density at radius 1 is 1.26 bits per heavy atom. The van der Waals surface area contributed by atoms with Crippen molar-refractivity contribution in [2.24, 2.45) is 0 Å². The first-order valence-corrected chi connectivity index (χ1v) is 13.6. The Morgan fingerprint density at radius 3 is 2.80 bits per heavy atom. The van der Waals surface area contributed by atoms with Crippen molar-refractivity contribution in [2.45, 2.75) is 55.3 Å². The zero-order valence-electron chi connectivity index (χ0n) is 19.5. The van der Waals surface area contributed by atoms with E-state index in [-0.39, 0.29) is 30.5 Å². The molecule has 0 radical (unpaired) electrons. The number of carboxylic acid groups (broad SMARTS) is 1. The lowest BCUT2D eigenvalue weighted by molar-refractivity contribution is 0.0191. The lowest BCUT2D eigenvalue weighted by atomic mass is 9.75. The highest BCUT2D eigenvalue weighted by Crippen LogP contribution is 2.47. The average molecular weight is 498 g/mol. The fourth-order valence-electron chi connectivity index (χ4n) is 5.55. The third-order valence-electron chi connectivity index (χ3n) is 7.22. The van der Waals surface area contributed by atoms with Crippen molar-refractivity contribution in [2.75, 3.05) is 30.8 Å². The summed E-state index contributed by atoms with van der Waals surface area (Å²) in [7, 11) is -3.73. The number of fused-ring (bicyclic) bond motifs is 3. The molecule has 1 aromatic heterocycles. The molecule has 2 aliphatic heterocycles. The van der Waals surface area contributed by atoms with E-state index in [9.17, 15) is 23.6 Å². The van der Waals surface area contributed by atoms with Crippen molar-refractivity contribution < 1.29 is 23.1 Å². The molecule has 3 heterocycles. The van der Waals surface area contributed by atoms with Crippen LogP contribution in [0.2, 0.25) is 0 Å². The van der Waals surface area contributed by atoms with E-state index >= 15 is 0 Å². The quantitative estimate of drug-likeness (QED) is 0.634. The number of aromatic nitrogens is 2. The summed E-state index contributed by atoms with van der Waals surface area (Å²) in [5.41, 5.74) is 2.53. The number of rotatable bonds is 3. The first-order chi connectivity index (χ1) is 16.7. The molecule has 184 valence electrons. The Bertz CT molecular complexity index is 1320. The molecule has 3 aliphatic rings. The number of anilines is 1. The van der Waals surface area contributed by atoms with E-state index in [0.29, 0.717) is 25.2 Å². The van der Waals surface area contributed by atoms with Gasteiger partial charge in [-0.2, -0.15) is 10.2 Å². The lowest BCUT2D eigenvalue weighted by Crippen LogP contribution is -2.55. The largest absolute Gasteiger partial charge is 0.466 e. The van der Waals surface area contributed by atoms with Gasteiger partial charge in [0.05, 0.1) is 24.1 Å². The smallest absolute Gasteiger partial charge is 0.407 e. The Hall–Kier alpha value is -3.39. The van der Waals surface area contributed by atoms with Gasteiger partial charge in [-0.15, -0.1) is 0 Å². The molecule has 11 heteroatoms. The van der Waals surface area contributed by atoms with E-state index in [0.717, 1.165) is 36.6 Å². The van der Waals surface area contributed by atoms with Crippen LogP contribution in [0.25, 0.3) is 0 Å². The van der Waals surface area contributed by atoms with Crippen LogP contribution < -0.4 is 9.64 Å². The highest BCUT2D eigenvalue weighted by molar-refractivity contribution is 7.90. The number of hydrogen-bond acceptors (Lipinski definition) is 8. The number of nitriles is 1. The van der Waals surface area contributed by atoms with Gasteiger partial charge in [0.2, 0.25) is 15.7 Å². The number of hydrogen-bond donors (Lipinski definition) is 1. The molecule has 1 aliphatic carbocycles. The van der Waals surface area contributed by atoms with Crippen LogP contribution in [0.1, 0.15) is 42.4 Å². The Balaban J connectivity index is 1.57. The fraction of sp³-hybridized carbons (Fsp3) is 0.500. The predicted octanol–water partition coefficient (Wildman–Crippen LogP) is 2.52. The highest BCUT2D eigenvalue weighted by atomic mass is 32.2. The van der Waals surface area contributed by atoms with Crippen molar-refractivity contribution in [3.8, 4) is 11.9 Å². The van der Waals surface area contributed by atoms with Crippen LogP contribution in [0.4, 0.5) is 10.6 Å². The summed E-state index contributed by atoms with van der Waals surface area (Å²) >= 11 is 0. The van der Waals surface area contributed by atoms with Crippen LogP contribution in [0.5, 0.6) is 5.88 Å². The summed E-state index contributed by atoms with van der Waals surface area (Å²) in [6.45, 7) is 0.752. The van der Waals surface area contributed by atoms with Crippen LogP contribution in [-0.2, 0) is 28.3 Å². The standard InChI is InChI=1S/C24H27N5O5S/c1-35(32,33)22-26-20(28-13-14-29(23(30)31)17(15-28)9-12-25)18-8-11-24(34-21(18)27-22)10-4-6-16-5-2-3-7-19(16)24/h2-3,5,7,17H,4,6,8-11,13-15H2,1H3,(H,30,31)/t17-,24?/m0/s1. The molecule has 1 aromatic carbocycles. The highest BCUT2D eigenvalue weighted by Gasteiger charge is 2.44. The van der Waals surface area contributed by atoms with E-state index in [2.05, 4.69) is 28.2 Å². The molecule has 1 N–H and O–H groups in total. The van der Waals surface area contributed by atoms with Crippen LogP contribution in [0.15, 0.2) is 29.4 Å². The maximum absolute atomic E-state index is 12.5. The Morgan fingerprint density at radius 2 is 2.06 bits per heavy atom. The monoisotopic (exact) mass is 497 g/mol. The average Bonchev–Trinajstić information content (AvgIpc) is 2.83. The number of amides is 1. The second-order valence-corrected chi connectivity index (χ2v) is 11.3. The van der Waals surface area contributed by atoms with Gasteiger partial charge in [0.15, 0.2) is 0 Å². The Labute approximate surface area is 204 Å². The summed E-state index contributed by atoms with van der Waals surface area (Å²) in [5.74, 6) is 0.721. The van der Waals surface area contributed by atoms with Crippen molar-refractivity contribution in [3.05, 3.63) is 41.0 Å². The zero-order chi connectivity index (χ0) is 24.8. The van der Waals surface area contributed by atoms with Gasteiger partial charge in [-0.3, -0.25) is 0 Å². The number of aryl methyl sites for hydroxylation is 1. The number of benzene rings is 1. The van der Waals surface area contributed by atoms with E-state index in [1.54, 1.807) is 0 Å². The van der Waals surface area contributed by atoms with Crippen LogP contribution in [-0.4, -0.2) is 66.4 Å². The van der Waals surface area contributed by atoms with E-state index in [1.165, 1.54) is 10.5 Å². The maximum atomic E-state index is 12.5. The first kappa shape index (κ1) is 23.4. The minimum atomic E-state index is -3.73. The van der Waals surface area contributed by atoms with E-state index in [4.69, 9.17) is 4.74 Å². The van der Waals surface area contributed by atoms with Gasteiger partial charge in [-0.25, -0.2) is 18.2 Å². The molecule has 1 fully saturated rings. The third-order valence-corrected chi connectivity index (χ3v) is 8.07. The minimum absolute atomic E-state index is 0.0331. The number of piperazine rings is 1. The van der Waals surface area contributed by atoms with Crippen molar-refractivity contribution >= 4 is 21.7 Å². The summed E-state index contributed by atoms with van der Waals surface area (Å²) in [6.07, 6.45) is 4.10. The van der Waals surface area contributed by atoms with E-state index < -0.39 is 27.6 Å². The van der Waals surface area contributed by atoms with Crippen LogP contribution >= 0.6 is 0 Å². The number of sulfone groups is 1. The molecule has 2 aromatic rings. The minimum Gasteiger partial charge on any atom is -0.466 e. The number of ether oxygens (including phenoxy) is 1. The van der Waals surface area contributed by atoms with Crippen LogP contribution in [0.3, 0.4) is 0 Å². The fourth-order valence-corrected chi connectivity index (χ4v) is 6.05. The van der Waals surface area contributed by atoms with E-state index in [1.807, 2.05) is 17.0 Å². The molecule has 1 saturated heterocycles. The molecule has 0 bridgehead atoms. The third kappa shape index (κ3) is 4.16. The normalized spacial score (nSPS) is 23.7. The van der Waals surface area contributed by atoms with Gasteiger partial charge in [-0.1, -0.05) is 24.3 Å². The summed E-state index contributed by atoms with van der Waals surface area (Å²) in [4.78, 5) is 23.6. The summed E-state index contributed by atoms with van der Waals surface area (Å²) in [5, 5.41) is 18.4. The van der Waals surface area contributed by atoms with Crippen molar-refractivity contribution in [1.29, 1.82) is 5.26 Å². The lowest BCUT2D eigenvalue weighted by Gasteiger charge is -2.44. The molecule has 0 saturated carbocycles. The van der Waals surface area contributed by atoms with Crippen molar-refractivity contribution in [3.63, 3.8) is 0 Å². The molecule has 35 heavy (non-hydrogen) atoms. The molecule has 1 unspecified atom stereocenters. The van der Waals surface area contributed by atoms with Gasteiger partial charge in [0.25, 0.3) is 5.16 Å². The van der Waals surface area contributed by atoms with Gasteiger partial charge in [0, 0.05) is 25.9 Å². The second-order valence-electron chi connectivity index (χ2n) is 9.43. The summed E-state index contributed by atoms with van der Waals surface area (Å²) < 4.78 is 31.6. The molecule has 1 amide bonds. The zero-order valence-corrected chi connectivity index (χ0v) is 20.3. The van der Waals surface area contributed by atoms with Gasteiger partial charge in [0.1, 0.15) is 11.4 Å². The number of carbonyl (C=O) groups is 1. The number of nitrogens with zero attached hydrogens (tertiary/aromatic N) is 5. The molecular weight excluding hydrogens is 470 g/mol. The molecule has 10 nitrogen and oxygen atoms in total. The van der Waals surface area contributed by atoms with Crippen LogP contribution in [0, 0.1) is 11.3 Å². The topological polar surface area (TPSA) is 137 Å². The molecule has 1 spiro atoms.